The van der Waals surface area contributed by atoms with Crippen molar-refractivity contribution in [3.8, 4) is 0 Å². The minimum atomic E-state index is -2.12. The SMILES string of the molecule is CCCCCCCC(=O)N[C@@H](CCCCN)C(=O)N[C@@H](CCCN=C(N)N)C(=O)N[C@@H](CC(=O)O)C(=O)N[C@@H](CO)C(=O)N[C@@H](CO)C(=O)N[C@@H](CC(N)=O)C(=O)N[C@@H](CO)C(=O)N[C@@H](CCSC)C(=O)N[C@@H](CC(=O)O)C(=O)N[C@@H](CC(C)C)C(=O)N1CCC[C@H]1C(=O)N[C@@H](CCC(=O)O)C(=O)O. The van der Waals surface area contributed by atoms with Gasteiger partial charge in [-0.1, -0.05) is 46.5 Å². The molecule has 0 bridgehead atoms. The minimum absolute atomic E-state index is 0.0248. The molecule has 1 fully saturated rings. The van der Waals surface area contributed by atoms with E-state index >= 15 is 0 Å². The van der Waals surface area contributed by atoms with Crippen LogP contribution in [-0.4, -0.2) is 271 Å². The molecule has 0 unspecified atom stereocenters. The second kappa shape index (κ2) is 50.0. The van der Waals surface area contributed by atoms with Crippen molar-refractivity contribution in [1.29, 1.82) is 0 Å². The topological polar surface area (TPSA) is 684 Å². The van der Waals surface area contributed by atoms with Gasteiger partial charge in [-0.3, -0.25) is 81.7 Å². The van der Waals surface area contributed by atoms with Crippen molar-refractivity contribution in [1.82, 2.24) is 63.4 Å². The number of aliphatic hydroxyl groups excluding tert-OH is 3. The number of carboxylic acid groups (broad SMARTS) is 4. The Hall–Kier alpha value is -9.55. The van der Waals surface area contributed by atoms with Gasteiger partial charge in [0.15, 0.2) is 5.96 Å². The van der Waals surface area contributed by atoms with E-state index in [1.807, 2.05) is 28.2 Å². The normalized spacial score (nSPS) is 15.7. The Morgan fingerprint density at radius 3 is 1.32 bits per heavy atom. The fourth-order valence-electron chi connectivity index (χ4n) is 10.4. The second-order valence-corrected chi connectivity index (χ2v) is 25.9. The number of rotatable bonds is 54. The van der Waals surface area contributed by atoms with Crippen LogP contribution in [-0.2, 0) is 81.5 Å². The molecule has 0 aromatic rings. The van der Waals surface area contributed by atoms with Crippen LogP contribution in [0.1, 0.15) is 149 Å². The van der Waals surface area contributed by atoms with Crippen LogP contribution in [0.3, 0.4) is 0 Å². The highest BCUT2D eigenvalue weighted by Crippen LogP contribution is 2.22. The Kier molecular flexibility index (Phi) is 44.4. The number of hydrogen-bond acceptors (Lipinski definition) is 23. The molecule has 1 saturated heterocycles. The molecule has 0 aromatic carbocycles. The van der Waals surface area contributed by atoms with Gasteiger partial charge in [0.1, 0.15) is 72.5 Å². The number of likely N-dealkylation sites (tertiary alicyclic amines) is 1. The van der Waals surface area contributed by atoms with Crippen LogP contribution >= 0.6 is 11.8 Å². The van der Waals surface area contributed by atoms with Crippen LogP contribution < -0.4 is 81.4 Å². The molecule has 0 aromatic heterocycles. The van der Waals surface area contributed by atoms with E-state index in [4.69, 9.17) is 28.0 Å². The zero-order valence-corrected chi connectivity index (χ0v) is 59.6. The van der Waals surface area contributed by atoms with Crippen LogP contribution in [0, 0.1) is 5.92 Å². The first-order valence-electron chi connectivity index (χ1n) is 33.9. The minimum Gasteiger partial charge on any atom is -0.481 e. The van der Waals surface area contributed by atoms with E-state index in [0.29, 0.717) is 19.3 Å². The molecule has 1 rings (SSSR count). The molecular weight excluding hydrogens is 1400 g/mol. The first kappa shape index (κ1) is 92.5. The molecule has 104 heavy (non-hydrogen) atoms. The van der Waals surface area contributed by atoms with Gasteiger partial charge in [0.05, 0.1) is 39.1 Å². The number of nitrogens with one attached hydrogen (secondary N) is 11. The first-order chi connectivity index (χ1) is 49.1. The van der Waals surface area contributed by atoms with Gasteiger partial charge < -0.3 is 122 Å². The number of hydrogen-bond donors (Lipinski definition) is 22. The number of unbranched alkanes of at least 4 members (excludes halogenated alkanes) is 5. The lowest BCUT2D eigenvalue weighted by atomic mass is 10.0. The van der Waals surface area contributed by atoms with Crippen LogP contribution in [0.4, 0.5) is 0 Å². The number of guanidine groups is 1. The van der Waals surface area contributed by atoms with Crippen molar-refractivity contribution in [2.24, 2.45) is 33.8 Å². The van der Waals surface area contributed by atoms with Crippen molar-refractivity contribution < 1.29 is 117 Å². The predicted molar refractivity (Wildman–Crippen MR) is 369 cm³/mol. The van der Waals surface area contributed by atoms with Crippen LogP contribution in [0.5, 0.6) is 0 Å². The van der Waals surface area contributed by atoms with Crippen LogP contribution in [0.2, 0.25) is 0 Å². The Balaban J connectivity index is 3.41. The van der Waals surface area contributed by atoms with E-state index in [9.17, 15) is 112 Å². The van der Waals surface area contributed by atoms with E-state index in [0.717, 1.165) is 42.3 Å². The Morgan fingerprint density at radius 1 is 0.471 bits per heavy atom. The average molecular weight is 1500 g/mol. The molecule has 42 heteroatoms. The van der Waals surface area contributed by atoms with Gasteiger partial charge in [-0.2, -0.15) is 11.8 Å². The summed E-state index contributed by atoms with van der Waals surface area (Å²) in [7, 11) is 0. The van der Waals surface area contributed by atoms with E-state index < -0.39 is 225 Å². The summed E-state index contributed by atoms with van der Waals surface area (Å²) in [4.78, 5) is 229. The third-order valence-corrected chi connectivity index (χ3v) is 16.5. The summed E-state index contributed by atoms with van der Waals surface area (Å²) >= 11 is 1.15. The summed E-state index contributed by atoms with van der Waals surface area (Å²) in [5, 5.41) is 93.9. The molecule has 1 aliphatic rings. The summed E-state index contributed by atoms with van der Waals surface area (Å²) in [5.74, 6) is -21.7. The van der Waals surface area contributed by atoms with Gasteiger partial charge in [0.25, 0.3) is 0 Å². The number of carboxylic acids is 4. The lowest BCUT2D eigenvalue weighted by molar-refractivity contribution is -0.146. The Bertz CT molecular complexity index is 2960. The van der Waals surface area contributed by atoms with Crippen molar-refractivity contribution in [2.45, 2.75) is 222 Å². The summed E-state index contributed by atoms with van der Waals surface area (Å²) in [6.45, 7) is 1.63. The van der Waals surface area contributed by atoms with Gasteiger partial charge in [0.2, 0.25) is 76.8 Å². The molecule has 41 nitrogen and oxygen atoms in total. The summed E-state index contributed by atoms with van der Waals surface area (Å²) in [5.41, 5.74) is 21.9. The number of aliphatic carboxylic acids is 4. The van der Waals surface area contributed by atoms with Gasteiger partial charge in [-0.05, 0) is 95.1 Å². The summed E-state index contributed by atoms with van der Waals surface area (Å²) in [6.07, 6.45) is 2.11. The quantitative estimate of drug-likeness (QED) is 0.0153. The second-order valence-electron chi connectivity index (χ2n) is 24.9. The molecule has 0 radical (unpaired) electrons. The molecule has 588 valence electrons. The third kappa shape index (κ3) is 36.0. The fourth-order valence-corrected chi connectivity index (χ4v) is 10.9. The van der Waals surface area contributed by atoms with Gasteiger partial charge in [0, 0.05) is 25.9 Å². The van der Waals surface area contributed by atoms with E-state index in [1.54, 1.807) is 20.1 Å². The number of nitrogens with two attached hydrogens (primary N) is 4. The molecule has 26 N–H and O–H groups in total. The molecule has 0 saturated carbocycles. The molecule has 13 amide bonds. The molecule has 0 spiro atoms. The Labute approximate surface area is 603 Å². The first-order valence-corrected chi connectivity index (χ1v) is 35.3. The largest absolute Gasteiger partial charge is 0.481 e. The van der Waals surface area contributed by atoms with E-state index in [-0.39, 0.29) is 88.6 Å². The monoisotopic (exact) mass is 1500 g/mol. The predicted octanol–water partition coefficient (Wildman–Crippen LogP) is -7.60. The zero-order valence-electron chi connectivity index (χ0n) is 58.8. The summed E-state index contributed by atoms with van der Waals surface area (Å²) < 4.78 is 0. The maximum absolute atomic E-state index is 14.1. The number of amides is 13. The molecule has 1 aliphatic heterocycles. The number of carbonyl (C=O) groups excluding carboxylic acids is 13. The maximum Gasteiger partial charge on any atom is 0.326 e. The number of nitrogens with zero attached hydrogens (tertiary/aromatic N) is 2. The van der Waals surface area contributed by atoms with Crippen molar-refractivity contribution in [3.63, 3.8) is 0 Å². The number of aliphatic hydroxyl groups is 3. The molecular formula is C62H105N17O24S. The van der Waals surface area contributed by atoms with Gasteiger partial charge in [-0.25, -0.2) is 4.79 Å². The number of thioether (sulfide) groups is 1. The third-order valence-electron chi connectivity index (χ3n) is 15.9. The lowest BCUT2D eigenvalue weighted by Crippen LogP contribution is -2.62. The maximum atomic E-state index is 14.1. The lowest BCUT2D eigenvalue weighted by Gasteiger charge is -2.31. The highest BCUT2D eigenvalue weighted by molar-refractivity contribution is 7.98. The molecule has 12 atom stereocenters. The highest BCUT2D eigenvalue weighted by Gasteiger charge is 2.42. The Morgan fingerprint density at radius 2 is 0.894 bits per heavy atom. The number of aliphatic imine (C=N–C) groups is 1. The van der Waals surface area contributed by atoms with Crippen molar-refractivity contribution in [3.05, 3.63) is 0 Å². The molecule has 0 aliphatic carbocycles. The van der Waals surface area contributed by atoms with Crippen molar-refractivity contribution >= 4 is 118 Å². The van der Waals surface area contributed by atoms with Gasteiger partial charge >= 0.3 is 23.9 Å². The smallest absolute Gasteiger partial charge is 0.326 e. The van der Waals surface area contributed by atoms with Crippen molar-refractivity contribution in [2.75, 3.05) is 51.5 Å². The average Bonchev–Trinajstić information content (AvgIpc) is 1.24. The van der Waals surface area contributed by atoms with E-state index in [2.05, 4.69) is 42.2 Å². The summed E-state index contributed by atoms with van der Waals surface area (Å²) in [6, 6.07) is -21.2. The highest BCUT2D eigenvalue weighted by atomic mass is 32.2. The molecule has 1 heterocycles. The number of primary amides is 1. The van der Waals surface area contributed by atoms with Gasteiger partial charge in [-0.15, -0.1) is 0 Å². The standard InChI is InChI=1S/C62H105N17O24S/c1-5-6-7-8-9-17-46(84)68-33(14-10-11-21-63)50(91)69-34(15-12-22-67-62(65)66)51(92)73-39(28-49(89)90)55(96)77-43(31-82)58(99)78-42(30-81)57(98)72-37(26-45(64)83)53(94)76-41(29-80)56(97)70-35(20-24-104-4)52(93)74-38(27-48(87)88)54(95)75-40(25-32(2)3)60(101)79-23-13-16-44(79)59(100)71-36(61(102)103)18-19-47(85)86/h32-44,80-82H,5-31,63H2,1-4H3,(H2,64,83)(H,68,84)(H,69,91)(H,70,97)(H,71,100)(H,72,98)(H,73,92)(H,74,93)(H,75,95)(H,76,94)(H,77,96)(H,78,99)(H,85,86)(H,87,88)(H,89,90)(H,102,103)(H4,65,66,67)/t33-,34-,35-,36-,37-,38-,39-,40-,41-,42-,43-,44-/m0/s1. The fraction of sp³-hybridized carbons (Fsp3) is 0.710. The van der Waals surface area contributed by atoms with E-state index in [1.165, 1.54) is 0 Å². The van der Waals surface area contributed by atoms with Crippen LogP contribution in [0.25, 0.3) is 0 Å². The number of carbonyl (C=O) groups is 17. The zero-order chi connectivity index (χ0) is 78.8. The van der Waals surface area contributed by atoms with Crippen LogP contribution in [0.15, 0.2) is 4.99 Å².